The minimum Gasteiger partial charge on any atom is -0.497 e. The van der Waals surface area contributed by atoms with Crippen molar-refractivity contribution in [2.45, 2.75) is 6.04 Å². The number of anilines is 1. The quantitative estimate of drug-likeness (QED) is 0.769. The fraction of sp³-hybridized carbons (Fsp3) is 0.385. The summed E-state index contributed by atoms with van der Waals surface area (Å²) in [5.41, 5.74) is 0.293. The van der Waals surface area contributed by atoms with Crippen LogP contribution in [-0.4, -0.2) is 48.2 Å². The molecule has 1 aromatic rings. The Morgan fingerprint density at radius 3 is 2.90 bits per heavy atom. The molecule has 7 heteroatoms. The first-order chi connectivity index (χ1) is 9.61. The van der Waals surface area contributed by atoms with E-state index in [1.54, 1.807) is 17.8 Å². The Balaban J connectivity index is 2.17. The van der Waals surface area contributed by atoms with Crippen LogP contribution in [-0.2, 0) is 4.79 Å². The van der Waals surface area contributed by atoms with Crippen LogP contribution < -0.4 is 15.4 Å². The summed E-state index contributed by atoms with van der Waals surface area (Å²) in [5.74, 6) is 0.833. The van der Waals surface area contributed by atoms with Crippen molar-refractivity contribution in [2.75, 3.05) is 30.5 Å². The Morgan fingerprint density at radius 1 is 1.50 bits per heavy atom. The van der Waals surface area contributed by atoms with Gasteiger partial charge in [-0.1, -0.05) is 0 Å². The number of nitrogens with one attached hydrogen (secondary N) is 2. The molecule has 1 saturated heterocycles. The van der Waals surface area contributed by atoms with Crippen molar-refractivity contribution in [1.82, 2.24) is 5.32 Å². The van der Waals surface area contributed by atoms with Gasteiger partial charge in [-0.15, -0.1) is 0 Å². The molecule has 20 heavy (non-hydrogen) atoms. The van der Waals surface area contributed by atoms with E-state index in [4.69, 9.17) is 9.84 Å². The summed E-state index contributed by atoms with van der Waals surface area (Å²) in [4.78, 5) is 23.3. The van der Waals surface area contributed by atoms with Crippen molar-refractivity contribution < 1.29 is 19.4 Å². The average molecular weight is 296 g/mol. The number of thioether (sulfide) groups is 1. The summed E-state index contributed by atoms with van der Waals surface area (Å²) in [6.45, 7) is 0.770. The molecule has 1 aliphatic heterocycles. The molecule has 3 N–H and O–H groups in total. The van der Waals surface area contributed by atoms with Crippen LogP contribution in [0.1, 0.15) is 10.4 Å². The molecule has 1 amide bonds. The van der Waals surface area contributed by atoms with E-state index in [0.717, 1.165) is 12.3 Å². The average Bonchev–Trinajstić information content (AvgIpc) is 2.47. The second kappa shape index (κ2) is 6.62. The largest absolute Gasteiger partial charge is 0.497 e. The Kier molecular flexibility index (Phi) is 4.86. The van der Waals surface area contributed by atoms with Gasteiger partial charge in [0.05, 0.1) is 24.4 Å². The number of carbonyl (C=O) groups excluding carboxylic acids is 1. The summed E-state index contributed by atoms with van der Waals surface area (Å²) >= 11 is 1.70. The molecule has 1 aromatic carbocycles. The number of hydrogen-bond donors (Lipinski definition) is 3. The fourth-order valence-corrected chi connectivity index (χ4v) is 2.83. The van der Waals surface area contributed by atoms with Crippen LogP contribution in [0.5, 0.6) is 5.75 Å². The van der Waals surface area contributed by atoms with Crippen LogP contribution in [0.15, 0.2) is 18.2 Å². The zero-order valence-corrected chi connectivity index (χ0v) is 11.8. The SMILES string of the molecule is COc1ccc(C(=O)O)c(NC(=O)C2CSCCN2)c1. The standard InChI is InChI=1S/C13H16N2O4S/c1-19-8-2-3-9(13(17)18)10(6-8)15-12(16)11-7-20-5-4-14-11/h2-3,6,11,14H,4-5,7H2,1H3,(H,15,16)(H,17,18). The topological polar surface area (TPSA) is 87.7 Å². The Morgan fingerprint density at radius 2 is 2.30 bits per heavy atom. The predicted octanol–water partition coefficient (Wildman–Crippen LogP) is 1.04. The van der Waals surface area contributed by atoms with Crippen LogP contribution in [0.25, 0.3) is 0 Å². The molecule has 0 spiro atoms. The number of amides is 1. The van der Waals surface area contributed by atoms with E-state index >= 15 is 0 Å². The van der Waals surface area contributed by atoms with E-state index in [1.165, 1.54) is 19.2 Å². The highest BCUT2D eigenvalue weighted by Gasteiger charge is 2.22. The molecule has 0 aromatic heterocycles. The first-order valence-electron chi connectivity index (χ1n) is 6.15. The smallest absolute Gasteiger partial charge is 0.337 e. The van der Waals surface area contributed by atoms with Crippen molar-refractivity contribution in [3.8, 4) is 5.75 Å². The minimum absolute atomic E-state index is 0.0441. The second-order valence-corrected chi connectivity index (χ2v) is 5.44. The van der Waals surface area contributed by atoms with Crippen molar-refractivity contribution in [2.24, 2.45) is 0 Å². The number of carboxylic acids is 1. The van der Waals surface area contributed by atoms with Gasteiger partial charge in [-0.25, -0.2) is 4.79 Å². The van der Waals surface area contributed by atoms with Crippen molar-refractivity contribution in [1.29, 1.82) is 0 Å². The molecule has 0 bridgehead atoms. The summed E-state index contributed by atoms with van der Waals surface area (Å²) in [6, 6.07) is 4.17. The highest BCUT2D eigenvalue weighted by Crippen LogP contribution is 2.23. The third-order valence-electron chi connectivity index (χ3n) is 2.95. The van der Waals surface area contributed by atoms with Crippen LogP contribution in [0.4, 0.5) is 5.69 Å². The number of rotatable bonds is 4. The van der Waals surface area contributed by atoms with Gasteiger partial charge in [-0.2, -0.15) is 11.8 Å². The molecule has 0 aliphatic carbocycles. The van der Waals surface area contributed by atoms with E-state index in [0.29, 0.717) is 11.5 Å². The zero-order chi connectivity index (χ0) is 14.5. The number of benzene rings is 1. The van der Waals surface area contributed by atoms with E-state index in [2.05, 4.69) is 10.6 Å². The molecule has 1 fully saturated rings. The number of methoxy groups -OCH3 is 1. The Hall–Kier alpha value is -1.73. The zero-order valence-electron chi connectivity index (χ0n) is 11.0. The van der Waals surface area contributed by atoms with Gasteiger partial charge in [0.15, 0.2) is 0 Å². The van der Waals surface area contributed by atoms with Crippen molar-refractivity contribution >= 4 is 29.3 Å². The summed E-state index contributed by atoms with van der Waals surface area (Å²) in [7, 11) is 1.49. The van der Waals surface area contributed by atoms with Crippen molar-refractivity contribution in [3.05, 3.63) is 23.8 Å². The molecular weight excluding hydrogens is 280 g/mol. The highest BCUT2D eigenvalue weighted by atomic mass is 32.2. The number of carboxylic acid groups (broad SMARTS) is 1. The first-order valence-corrected chi connectivity index (χ1v) is 7.30. The van der Waals surface area contributed by atoms with E-state index in [9.17, 15) is 9.59 Å². The number of aromatic carboxylic acids is 1. The van der Waals surface area contributed by atoms with Gasteiger partial charge in [-0.3, -0.25) is 4.79 Å². The molecule has 1 unspecified atom stereocenters. The maximum Gasteiger partial charge on any atom is 0.337 e. The molecule has 1 heterocycles. The van der Waals surface area contributed by atoms with Crippen molar-refractivity contribution in [3.63, 3.8) is 0 Å². The normalized spacial score (nSPS) is 18.4. The lowest BCUT2D eigenvalue weighted by Gasteiger charge is -2.22. The Bertz CT molecular complexity index is 515. The molecule has 0 saturated carbocycles. The van der Waals surface area contributed by atoms with Gasteiger partial charge in [-0.05, 0) is 12.1 Å². The second-order valence-electron chi connectivity index (χ2n) is 4.29. The molecule has 108 valence electrons. The summed E-state index contributed by atoms with van der Waals surface area (Å²) in [6.07, 6.45) is 0. The lowest BCUT2D eigenvalue weighted by Crippen LogP contribution is -2.46. The first kappa shape index (κ1) is 14.7. The number of ether oxygens (including phenoxy) is 1. The van der Waals surface area contributed by atoms with E-state index in [1.807, 2.05) is 0 Å². The Labute approximate surface area is 120 Å². The third kappa shape index (κ3) is 3.43. The van der Waals surface area contributed by atoms with E-state index < -0.39 is 5.97 Å². The monoisotopic (exact) mass is 296 g/mol. The lowest BCUT2D eigenvalue weighted by atomic mass is 10.1. The predicted molar refractivity (Wildman–Crippen MR) is 77.7 cm³/mol. The van der Waals surface area contributed by atoms with Gasteiger partial charge < -0.3 is 20.5 Å². The van der Waals surface area contributed by atoms with Gasteiger partial charge in [0.2, 0.25) is 5.91 Å². The molecular formula is C13H16N2O4S. The fourth-order valence-electron chi connectivity index (χ4n) is 1.89. The maximum absolute atomic E-state index is 12.1. The highest BCUT2D eigenvalue weighted by molar-refractivity contribution is 7.99. The summed E-state index contributed by atoms with van der Waals surface area (Å²) < 4.78 is 5.05. The van der Waals surface area contributed by atoms with Gasteiger partial charge in [0, 0.05) is 24.1 Å². The molecule has 0 radical (unpaired) electrons. The van der Waals surface area contributed by atoms with Gasteiger partial charge in [0.1, 0.15) is 5.75 Å². The maximum atomic E-state index is 12.1. The molecule has 1 atom stereocenters. The van der Waals surface area contributed by atoms with Gasteiger partial charge in [0.25, 0.3) is 0 Å². The van der Waals surface area contributed by atoms with E-state index in [-0.39, 0.29) is 23.2 Å². The minimum atomic E-state index is -1.09. The van der Waals surface area contributed by atoms with Crippen LogP contribution in [0.2, 0.25) is 0 Å². The lowest BCUT2D eigenvalue weighted by molar-refractivity contribution is -0.117. The third-order valence-corrected chi connectivity index (χ3v) is 4.01. The molecule has 6 nitrogen and oxygen atoms in total. The molecule has 2 rings (SSSR count). The van der Waals surface area contributed by atoms with Crippen LogP contribution >= 0.6 is 11.8 Å². The molecule has 1 aliphatic rings. The number of carbonyl (C=O) groups is 2. The van der Waals surface area contributed by atoms with Crippen LogP contribution in [0, 0.1) is 0 Å². The van der Waals surface area contributed by atoms with Gasteiger partial charge >= 0.3 is 5.97 Å². The number of hydrogen-bond acceptors (Lipinski definition) is 5. The summed E-state index contributed by atoms with van der Waals surface area (Å²) in [5, 5.41) is 14.9. The van der Waals surface area contributed by atoms with Crippen LogP contribution in [0.3, 0.4) is 0 Å².